The fraction of sp³-hybridized carbons (Fsp3) is 0.318. The lowest BCUT2D eigenvalue weighted by Crippen LogP contribution is -2.48. The molecule has 164 valence electrons. The van der Waals surface area contributed by atoms with Crippen LogP contribution in [0, 0.1) is 0 Å². The lowest BCUT2D eigenvalue weighted by atomic mass is 10.2. The minimum atomic E-state index is -0.308. The highest BCUT2D eigenvalue weighted by molar-refractivity contribution is 9.10. The van der Waals surface area contributed by atoms with Crippen LogP contribution < -0.4 is 20.3 Å². The second-order valence-electron chi connectivity index (χ2n) is 7.03. The number of benzene rings is 2. The van der Waals surface area contributed by atoms with Gasteiger partial charge in [-0.3, -0.25) is 14.9 Å². The maximum absolute atomic E-state index is 12.4. The normalized spacial score (nSPS) is 13.5. The smallest absolute Gasteiger partial charge is 0.257 e. The Morgan fingerprint density at radius 1 is 1.10 bits per heavy atom. The highest BCUT2D eigenvalue weighted by Gasteiger charge is 2.20. The van der Waals surface area contributed by atoms with Gasteiger partial charge in [-0.15, -0.1) is 0 Å². The summed E-state index contributed by atoms with van der Waals surface area (Å²) in [6.45, 7) is 4.99. The van der Waals surface area contributed by atoms with Crippen LogP contribution in [0.3, 0.4) is 0 Å². The van der Waals surface area contributed by atoms with Crippen LogP contribution >= 0.6 is 28.1 Å². The molecule has 0 aliphatic carbocycles. The number of carbonyl (C=O) groups excluding carboxylic acids is 2. The van der Waals surface area contributed by atoms with Gasteiger partial charge in [-0.2, -0.15) is 0 Å². The highest BCUT2D eigenvalue weighted by atomic mass is 79.9. The van der Waals surface area contributed by atoms with E-state index < -0.39 is 0 Å². The second-order valence-corrected chi connectivity index (χ2v) is 8.29. The predicted octanol–water partition coefficient (Wildman–Crippen LogP) is 3.64. The summed E-state index contributed by atoms with van der Waals surface area (Å²) in [5.74, 6) is 0.546. The first kappa shape index (κ1) is 23.0. The number of rotatable bonds is 5. The van der Waals surface area contributed by atoms with Crippen molar-refractivity contribution in [3.8, 4) is 5.75 Å². The fourth-order valence-corrected chi connectivity index (χ4v) is 4.09. The van der Waals surface area contributed by atoms with E-state index in [-0.39, 0.29) is 16.9 Å². The van der Waals surface area contributed by atoms with Crippen molar-refractivity contribution in [2.24, 2.45) is 0 Å². The number of halogens is 1. The van der Waals surface area contributed by atoms with E-state index >= 15 is 0 Å². The van der Waals surface area contributed by atoms with Crippen LogP contribution in [0.5, 0.6) is 5.75 Å². The number of ether oxygens (including phenoxy) is 1. The molecule has 2 N–H and O–H groups in total. The Kier molecular flexibility index (Phi) is 7.86. The second kappa shape index (κ2) is 10.6. The number of nitrogens with zero attached hydrogens (tertiary/aromatic N) is 2. The van der Waals surface area contributed by atoms with Crippen LogP contribution in [0.15, 0.2) is 46.9 Å². The first-order valence-corrected chi connectivity index (χ1v) is 11.2. The zero-order valence-electron chi connectivity index (χ0n) is 17.5. The standard InChI is InChI=1S/C22H25BrN4O3S/c1-3-20(28)27-12-10-26(11-13-27)17-7-5-16(6-8-17)24-22(31)25-21(29)15-4-9-19(30-2)18(23)14-15/h4-9,14H,3,10-13H2,1-2H3,(H2,24,25,29,31). The van der Waals surface area contributed by atoms with E-state index in [1.165, 1.54) is 0 Å². The van der Waals surface area contributed by atoms with Gasteiger partial charge in [0.05, 0.1) is 11.6 Å². The molecular weight excluding hydrogens is 480 g/mol. The van der Waals surface area contributed by atoms with E-state index in [1.54, 1.807) is 25.3 Å². The third kappa shape index (κ3) is 5.95. The van der Waals surface area contributed by atoms with Gasteiger partial charge in [-0.1, -0.05) is 6.92 Å². The van der Waals surface area contributed by atoms with Gasteiger partial charge in [0.15, 0.2) is 5.11 Å². The Morgan fingerprint density at radius 2 is 1.77 bits per heavy atom. The minimum Gasteiger partial charge on any atom is -0.496 e. The quantitative estimate of drug-likeness (QED) is 0.605. The summed E-state index contributed by atoms with van der Waals surface area (Å²) in [6.07, 6.45) is 0.548. The molecule has 0 radical (unpaired) electrons. The molecule has 1 aliphatic rings. The van der Waals surface area contributed by atoms with Crippen molar-refractivity contribution in [2.75, 3.05) is 43.5 Å². The number of thiocarbonyl (C=S) groups is 1. The van der Waals surface area contributed by atoms with Crippen molar-refractivity contribution >= 4 is 56.4 Å². The van der Waals surface area contributed by atoms with Crippen molar-refractivity contribution in [3.05, 3.63) is 52.5 Å². The van der Waals surface area contributed by atoms with E-state index in [2.05, 4.69) is 31.5 Å². The molecule has 0 aromatic heterocycles. The number of hydrogen-bond acceptors (Lipinski definition) is 5. The molecule has 1 fully saturated rings. The van der Waals surface area contributed by atoms with Gasteiger partial charge in [0.1, 0.15) is 5.75 Å². The third-order valence-electron chi connectivity index (χ3n) is 5.07. The Labute approximate surface area is 195 Å². The number of piperazine rings is 1. The minimum absolute atomic E-state index is 0.205. The topological polar surface area (TPSA) is 73.9 Å². The van der Waals surface area contributed by atoms with Crippen molar-refractivity contribution in [1.82, 2.24) is 10.2 Å². The van der Waals surface area contributed by atoms with Crippen LogP contribution in [0.25, 0.3) is 0 Å². The van der Waals surface area contributed by atoms with Gasteiger partial charge < -0.3 is 19.9 Å². The van der Waals surface area contributed by atoms with E-state index in [9.17, 15) is 9.59 Å². The SMILES string of the molecule is CCC(=O)N1CCN(c2ccc(NC(=S)NC(=O)c3ccc(OC)c(Br)c3)cc2)CC1. The van der Waals surface area contributed by atoms with Crippen LogP contribution in [0.4, 0.5) is 11.4 Å². The molecular formula is C22H25BrN4O3S. The van der Waals surface area contributed by atoms with Gasteiger partial charge in [0, 0.05) is 49.5 Å². The summed E-state index contributed by atoms with van der Waals surface area (Å²) in [4.78, 5) is 28.4. The molecule has 2 amide bonds. The lowest BCUT2D eigenvalue weighted by Gasteiger charge is -2.36. The predicted molar refractivity (Wildman–Crippen MR) is 130 cm³/mol. The fourth-order valence-electron chi connectivity index (χ4n) is 3.34. The van der Waals surface area contributed by atoms with Crippen LogP contribution in [0.2, 0.25) is 0 Å². The number of methoxy groups -OCH3 is 1. The first-order chi connectivity index (χ1) is 14.9. The molecule has 1 aliphatic heterocycles. The molecule has 0 unspecified atom stereocenters. The maximum atomic E-state index is 12.4. The van der Waals surface area contributed by atoms with Gasteiger partial charge in [-0.25, -0.2) is 0 Å². The summed E-state index contributed by atoms with van der Waals surface area (Å²) in [6, 6.07) is 12.9. The zero-order chi connectivity index (χ0) is 22.4. The molecule has 1 saturated heterocycles. The van der Waals surface area contributed by atoms with E-state index in [4.69, 9.17) is 17.0 Å². The molecule has 7 nitrogen and oxygen atoms in total. The van der Waals surface area contributed by atoms with Crippen LogP contribution in [-0.4, -0.2) is 55.1 Å². The van der Waals surface area contributed by atoms with Crippen LogP contribution in [-0.2, 0) is 4.79 Å². The molecule has 0 saturated carbocycles. The van der Waals surface area contributed by atoms with E-state index in [0.29, 0.717) is 22.2 Å². The van der Waals surface area contributed by atoms with Gasteiger partial charge in [0.2, 0.25) is 5.91 Å². The molecule has 2 aromatic carbocycles. The molecule has 1 heterocycles. The van der Waals surface area contributed by atoms with Crippen molar-refractivity contribution in [3.63, 3.8) is 0 Å². The van der Waals surface area contributed by atoms with Gasteiger partial charge >= 0.3 is 0 Å². The molecule has 0 atom stereocenters. The molecule has 0 bridgehead atoms. The highest BCUT2D eigenvalue weighted by Crippen LogP contribution is 2.25. The van der Waals surface area contributed by atoms with Crippen molar-refractivity contribution in [2.45, 2.75) is 13.3 Å². The number of carbonyl (C=O) groups is 2. The largest absolute Gasteiger partial charge is 0.496 e. The number of hydrogen-bond donors (Lipinski definition) is 2. The number of nitrogens with one attached hydrogen (secondary N) is 2. The van der Waals surface area contributed by atoms with Crippen molar-refractivity contribution in [1.29, 1.82) is 0 Å². The Hall–Kier alpha value is -2.65. The van der Waals surface area contributed by atoms with Crippen molar-refractivity contribution < 1.29 is 14.3 Å². The summed E-state index contributed by atoms with van der Waals surface area (Å²) in [7, 11) is 1.57. The summed E-state index contributed by atoms with van der Waals surface area (Å²) in [5.41, 5.74) is 2.34. The van der Waals surface area contributed by atoms with Crippen LogP contribution in [0.1, 0.15) is 23.7 Å². The Morgan fingerprint density at radius 3 is 2.35 bits per heavy atom. The molecule has 3 rings (SSSR count). The zero-order valence-corrected chi connectivity index (χ0v) is 19.9. The third-order valence-corrected chi connectivity index (χ3v) is 5.89. The molecule has 2 aromatic rings. The summed E-state index contributed by atoms with van der Waals surface area (Å²) in [5, 5.41) is 5.93. The van der Waals surface area contributed by atoms with E-state index in [1.807, 2.05) is 36.1 Å². The average molecular weight is 505 g/mol. The monoisotopic (exact) mass is 504 g/mol. The van der Waals surface area contributed by atoms with Gasteiger partial charge in [-0.05, 0) is 70.6 Å². The summed E-state index contributed by atoms with van der Waals surface area (Å²) >= 11 is 8.65. The van der Waals surface area contributed by atoms with Gasteiger partial charge in [0.25, 0.3) is 5.91 Å². The lowest BCUT2D eigenvalue weighted by molar-refractivity contribution is -0.131. The maximum Gasteiger partial charge on any atom is 0.257 e. The molecule has 31 heavy (non-hydrogen) atoms. The molecule has 9 heteroatoms. The molecule has 0 spiro atoms. The first-order valence-electron chi connectivity index (χ1n) is 10.00. The average Bonchev–Trinajstić information content (AvgIpc) is 2.79. The number of amides is 2. The Bertz CT molecular complexity index is 960. The Balaban J connectivity index is 1.52. The van der Waals surface area contributed by atoms with E-state index in [0.717, 1.165) is 37.6 Å². The summed E-state index contributed by atoms with van der Waals surface area (Å²) < 4.78 is 5.87. The number of anilines is 2.